The second-order valence-corrected chi connectivity index (χ2v) is 26.2. The van der Waals surface area contributed by atoms with Gasteiger partial charge in [0.05, 0.1) is 29.2 Å². The van der Waals surface area contributed by atoms with Crippen LogP contribution in [0.1, 0.15) is 112 Å². The zero-order chi connectivity index (χ0) is 62.0. The van der Waals surface area contributed by atoms with Crippen molar-refractivity contribution >= 4 is 60.7 Å². The Bertz CT molecular complexity index is 3030. The maximum Gasteiger partial charge on any atom is 0.531 e. The first kappa shape index (κ1) is 64.9. The van der Waals surface area contributed by atoms with E-state index in [1.807, 2.05) is 39.2 Å². The number of benzene rings is 2. The summed E-state index contributed by atoms with van der Waals surface area (Å²) in [6.45, 7) is 18.7. The number of amides is 4. The molecule has 5 heterocycles. The SMILES string of the molecule is CCOC(=O)C1(C(=O)N[C@@H](CCCCN(C)C)C(=O)Nc2ccc(COC(=O)Nc3nnc(-c4ccccc4OP(=O)(OC(C)(C)C)OC(C)(C)C)cc3N3CC4CCC(C3)N4c3ccnc(OCCN4CCN(C(=O)O)C[C@H]4C)c3)cc2)CCC1. The van der Waals surface area contributed by atoms with Gasteiger partial charge in [0.25, 0.3) is 0 Å². The minimum atomic E-state index is -4.25. The van der Waals surface area contributed by atoms with Crippen molar-refractivity contribution < 1.29 is 61.4 Å². The van der Waals surface area contributed by atoms with E-state index in [0.29, 0.717) is 112 Å². The molecule has 8 rings (SSSR count). The van der Waals surface area contributed by atoms with Gasteiger partial charge >= 0.3 is 26.0 Å². The zero-order valence-electron chi connectivity index (χ0n) is 51.3. The van der Waals surface area contributed by atoms with Gasteiger partial charge in [0, 0.05) is 86.6 Å². The number of hydrogen-bond acceptors (Lipinski definition) is 19. The standard InChI is InChI=1S/C61H86N11O13P/c1-11-80-56(75)61(27-16-28-61)55(74)64-48(18-14-15-30-68(9)10)54(73)63-43-22-20-42(21-23-43)40-82-57(76)65-53-50(36-49(66-67-53)47-17-12-13-19-51(47)83-86(79,84-59(3,4)5)85-60(6,7)8)71-38-45-24-25-46(39-71)72(45)44-26-29-62-52(35-44)81-34-33-69-31-32-70(58(77)78)37-41(69)2/h12-13,17,19-23,26,29,35-36,41,45-46,48H,11,14-16,18,24-25,27-28,30-34,37-40H2,1-10H3,(H,63,73)(H,64,74)(H,77,78)(H,65,67,76)/t41-,45?,46?,48+/m1/s1. The molecule has 1 aliphatic carbocycles. The highest BCUT2D eigenvalue weighted by Gasteiger charge is 2.53. The largest absolute Gasteiger partial charge is 0.531 e. The molecule has 468 valence electrons. The van der Waals surface area contributed by atoms with E-state index in [9.17, 15) is 33.6 Å². The second kappa shape index (κ2) is 28.2. The topological polar surface area (TPSA) is 269 Å². The number of rotatable bonds is 25. The van der Waals surface area contributed by atoms with Gasteiger partial charge in [-0.2, -0.15) is 0 Å². The van der Waals surface area contributed by atoms with E-state index < -0.39 is 60.5 Å². The van der Waals surface area contributed by atoms with E-state index in [1.165, 1.54) is 4.90 Å². The van der Waals surface area contributed by atoms with Crippen LogP contribution >= 0.6 is 7.82 Å². The average molecular weight is 1210 g/mol. The molecular weight excluding hydrogens is 1130 g/mol. The Hall–Kier alpha value is -7.11. The van der Waals surface area contributed by atoms with Crippen LogP contribution in [-0.2, 0) is 44.1 Å². The number of para-hydroxylation sites is 1. The van der Waals surface area contributed by atoms with Crippen molar-refractivity contribution in [2.75, 3.05) is 93.6 Å². The number of carbonyl (C=O) groups excluding carboxylic acids is 4. The Morgan fingerprint density at radius 1 is 0.860 bits per heavy atom. The lowest BCUT2D eigenvalue weighted by molar-refractivity contribution is -0.167. The summed E-state index contributed by atoms with van der Waals surface area (Å²) in [4.78, 5) is 80.6. The molecule has 25 heteroatoms. The fraction of sp³-hybridized carbons (Fsp3) is 0.574. The number of unbranched alkanes of at least 4 members (excludes halogenated alkanes) is 1. The minimum Gasteiger partial charge on any atom is -0.476 e. The molecule has 4 atom stereocenters. The molecule has 4 amide bonds. The number of esters is 1. The van der Waals surface area contributed by atoms with E-state index in [4.69, 9.17) is 27.8 Å². The number of anilines is 4. The van der Waals surface area contributed by atoms with Crippen molar-refractivity contribution in [1.29, 1.82) is 0 Å². The summed E-state index contributed by atoms with van der Waals surface area (Å²) in [5, 5.41) is 27.3. The summed E-state index contributed by atoms with van der Waals surface area (Å²) in [7, 11) is -0.314. The number of carbonyl (C=O) groups is 5. The molecule has 1 saturated carbocycles. The number of carboxylic acid groups (broad SMARTS) is 1. The van der Waals surface area contributed by atoms with Crippen molar-refractivity contribution in [2.45, 2.75) is 149 Å². The molecule has 24 nitrogen and oxygen atoms in total. The van der Waals surface area contributed by atoms with Crippen LogP contribution in [0, 0.1) is 5.41 Å². The molecule has 4 fully saturated rings. The predicted molar refractivity (Wildman–Crippen MR) is 325 cm³/mol. The Morgan fingerprint density at radius 2 is 1.56 bits per heavy atom. The molecule has 0 radical (unpaired) electrons. The molecule has 2 unspecified atom stereocenters. The van der Waals surface area contributed by atoms with Gasteiger partial charge in [0.15, 0.2) is 5.82 Å². The lowest BCUT2D eigenvalue weighted by atomic mass is 9.68. The van der Waals surface area contributed by atoms with E-state index in [0.717, 1.165) is 31.5 Å². The number of nitrogens with one attached hydrogen (secondary N) is 3. The normalized spacial score (nSPS) is 19.1. The Morgan fingerprint density at radius 3 is 2.19 bits per heavy atom. The Kier molecular flexibility index (Phi) is 21.2. The Balaban J connectivity index is 0.976. The third-order valence-electron chi connectivity index (χ3n) is 15.5. The second-order valence-electron chi connectivity index (χ2n) is 24.8. The number of fused-ring (bicyclic) bond motifs is 2. The molecule has 0 spiro atoms. The van der Waals surface area contributed by atoms with Gasteiger partial charge in [-0.15, -0.1) is 10.2 Å². The number of piperazine rings is 2. The average Bonchev–Trinajstić information content (AvgIpc) is 3.94. The number of pyridine rings is 1. The molecule has 3 aliphatic heterocycles. The number of nitrogens with zero attached hydrogens (tertiary/aromatic N) is 8. The smallest absolute Gasteiger partial charge is 0.476 e. The molecule has 86 heavy (non-hydrogen) atoms. The minimum absolute atomic E-state index is 0.0404. The Labute approximate surface area is 504 Å². The lowest BCUT2D eigenvalue weighted by Gasteiger charge is -2.43. The van der Waals surface area contributed by atoms with Crippen LogP contribution in [0.5, 0.6) is 11.6 Å². The van der Waals surface area contributed by atoms with Crippen molar-refractivity contribution in [1.82, 2.24) is 35.2 Å². The number of ether oxygens (including phenoxy) is 3. The van der Waals surface area contributed by atoms with Crippen LogP contribution in [0.2, 0.25) is 0 Å². The van der Waals surface area contributed by atoms with Crippen LogP contribution in [0.3, 0.4) is 0 Å². The van der Waals surface area contributed by atoms with Crippen LogP contribution in [-0.4, -0.2) is 173 Å². The van der Waals surface area contributed by atoms with Crippen molar-refractivity contribution in [3.8, 4) is 22.9 Å². The van der Waals surface area contributed by atoms with Gasteiger partial charge in [-0.25, -0.2) is 19.1 Å². The fourth-order valence-corrected chi connectivity index (χ4v) is 13.1. The van der Waals surface area contributed by atoms with Gasteiger partial charge in [0.2, 0.25) is 17.7 Å². The van der Waals surface area contributed by atoms with E-state index in [-0.39, 0.29) is 42.9 Å². The van der Waals surface area contributed by atoms with Gasteiger partial charge in [-0.1, -0.05) is 30.7 Å². The maximum absolute atomic E-state index is 14.4. The highest BCUT2D eigenvalue weighted by molar-refractivity contribution is 7.49. The first-order chi connectivity index (χ1) is 40.8. The summed E-state index contributed by atoms with van der Waals surface area (Å²) in [5.74, 6) is -0.671. The van der Waals surface area contributed by atoms with E-state index in [1.54, 1.807) is 103 Å². The summed E-state index contributed by atoms with van der Waals surface area (Å²) in [6.07, 6.45) is 5.09. The fourth-order valence-electron chi connectivity index (χ4n) is 11.2. The van der Waals surface area contributed by atoms with Gasteiger partial charge in [0.1, 0.15) is 30.4 Å². The van der Waals surface area contributed by atoms with E-state index >= 15 is 0 Å². The first-order valence-electron chi connectivity index (χ1n) is 29.8. The van der Waals surface area contributed by atoms with Gasteiger partial charge in [-0.05, 0) is 163 Å². The number of hydrogen-bond donors (Lipinski definition) is 4. The van der Waals surface area contributed by atoms with Gasteiger partial charge in [-0.3, -0.25) is 33.6 Å². The quantitative estimate of drug-likeness (QED) is 0.0208. The molecule has 4 aliphatic rings. The van der Waals surface area contributed by atoms with Crippen molar-refractivity contribution in [3.05, 3.63) is 78.5 Å². The predicted octanol–water partition coefficient (Wildman–Crippen LogP) is 9.21. The van der Waals surface area contributed by atoms with Crippen LogP contribution in [0.4, 0.5) is 32.5 Å². The third kappa shape index (κ3) is 17.1. The summed E-state index contributed by atoms with van der Waals surface area (Å²) in [5.41, 5.74) is 0.328. The maximum atomic E-state index is 14.4. The summed E-state index contributed by atoms with van der Waals surface area (Å²) >= 11 is 0. The van der Waals surface area contributed by atoms with Gasteiger partial charge < -0.3 is 54.1 Å². The van der Waals surface area contributed by atoms with E-state index in [2.05, 4.69) is 50.7 Å². The highest BCUT2D eigenvalue weighted by Crippen LogP contribution is 2.56. The van der Waals surface area contributed by atoms with Crippen LogP contribution in [0.15, 0.2) is 72.9 Å². The molecule has 4 N–H and O–H groups in total. The monoisotopic (exact) mass is 1210 g/mol. The lowest BCUT2D eigenvalue weighted by Crippen LogP contribution is -2.56. The molecule has 4 aromatic rings. The highest BCUT2D eigenvalue weighted by atomic mass is 31.2. The molecular formula is C61H86N11O13P. The van der Waals surface area contributed by atoms with Crippen LogP contribution < -0.4 is 35.0 Å². The van der Waals surface area contributed by atoms with Crippen molar-refractivity contribution in [3.63, 3.8) is 0 Å². The summed E-state index contributed by atoms with van der Waals surface area (Å²) in [6, 6.07) is 18.8. The number of phosphoric acid groups is 1. The zero-order valence-corrected chi connectivity index (χ0v) is 52.2. The van der Waals surface area contributed by atoms with Crippen LogP contribution in [0.25, 0.3) is 11.3 Å². The number of aromatic nitrogens is 3. The molecule has 2 bridgehead atoms. The number of phosphoric ester groups is 1. The summed E-state index contributed by atoms with van der Waals surface area (Å²) < 4.78 is 49.9. The molecule has 3 saturated heterocycles. The third-order valence-corrected chi connectivity index (χ3v) is 17.5. The first-order valence-corrected chi connectivity index (χ1v) is 31.3. The molecule has 2 aromatic carbocycles. The van der Waals surface area contributed by atoms with Crippen molar-refractivity contribution in [2.24, 2.45) is 5.41 Å². The molecule has 2 aromatic heterocycles.